The molecule has 0 aliphatic carbocycles. The van der Waals surface area contributed by atoms with E-state index in [1.165, 1.54) is 0 Å². The van der Waals surface area contributed by atoms with E-state index < -0.39 is 42.1 Å². The van der Waals surface area contributed by atoms with Gasteiger partial charge < -0.3 is 61.3 Å². The van der Waals surface area contributed by atoms with Gasteiger partial charge >= 0.3 is 11.9 Å². The number of nitrogens with zero attached hydrogens (tertiary/aromatic N) is 5. The van der Waals surface area contributed by atoms with Gasteiger partial charge in [0.05, 0.1) is 65.0 Å². The maximum absolute atomic E-state index is 12.9. The summed E-state index contributed by atoms with van der Waals surface area (Å²) >= 11 is 0. The molecule has 0 spiro atoms. The Morgan fingerprint density at radius 2 is 1.66 bits per heavy atom. The standard InChI is InChI=1S/C41H62N10O10/c1-3-4-5-12-45-38-37-32(47-41(43)48-38)10-14-51(37)27-30-7-6-28(23-33(30)59-2)26-49-15-17-50(18-16-49)35(53)11-19-60-21-22-61-20-13-44-34(52)25-46-39(56)29(24-36(54)55)8-9-31(42)40(57)58/h6-7,10,14,23,29,31H,3-5,8-9,11-13,15-22,24-27,42H2,1-2H3,(H,44,52)(H,46,56)(H,54,55)(H,57,58)(H3,43,45,47,48)/t29-,31+/m1/s1. The first kappa shape index (κ1) is 48.1. The number of amides is 3. The van der Waals surface area contributed by atoms with Crippen LogP contribution in [0.1, 0.15) is 63.0 Å². The lowest BCUT2D eigenvalue weighted by Gasteiger charge is -2.35. The lowest BCUT2D eigenvalue weighted by atomic mass is 9.96. The van der Waals surface area contributed by atoms with E-state index in [-0.39, 0.29) is 70.6 Å². The van der Waals surface area contributed by atoms with Gasteiger partial charge in [0.15, 0.2) is 5.82 Å². The van der Waals surface area contributed by atoms with Gasteiger partial charge in [-0.2, -0.15) is 4.98 Å². The number of nitrogens with two attached hydrogens (primary N) is 2. The molecule has 9 N–H and O–H groups in total. The smallest absolute Gasteiger partial charge is 0.320 e. The van der Waals surface area contributed by atoms with Crippen molar-refractivity contribution in [3.63, 3.8) is 0 Å². The Bertz CT molecular complexity index is 1900. The molecule has 0 saturated carbocycles. The van der Waals surface area contributed by atoms with E-state index >= 15 is 0 Å². The fraction of sp³-hybridized carbons (Fsp3) is 0.585. The summed E-state index contributed by atoms with van der Waals surface area (Å²) in [5.41, 5.74) is 15.3. The van der Waals surface area contributed by atoms with E-state index in [1.54, 1.807) is 7.11 Å². The van der Waals surface area contributed by atoms with Gasteiger partial charge in [0.1, 0.15) is 17.3 Å². The SMILES string of the molecule is CCCCCNc1nc(N)nc2ccn(Cc3ccc(CN4CCN(C(=O)CCOCCOCCNC(=O)CNC(=O)[C@H](CC[C@H](N)C(=O)O)CC(=O)O)CC4)cc3OC)c12. The van der Waals surface area contributed by atoms with Crippen molar-refractivity contribution in [3.05, 3.63) is 41.6 Å². The van der Waals surface area contributed by atoms with E-state index in [4.69, 9.17) is 35.9 Å². The number of carbonyl (C=O) groups excluding carboxylic acids is 3. The zero-order valence-corrected chi connectivity index (χ0v) is 35.2. The Labute approximate surface area is 355 Å². The Morgan fingerprint density at radius 1 is 0.902 bits per heavy atom. The van der Waals surface area contributed by atoms with Crippen molar-refractivity contribution < 1.29 is 48.4 Å². The van der Waals surface area contributed by atoms with Crippen LogP contribution in [-0.2, 0) is 46.5 Å². The Kier molecular flexibility index (Phi) is 19.9. The van der Waals surface area contributed by atoms with E-state index in [0.29, 0.717) is 19.6 Å². The molecule has 0 bridgehead atoms. The second kappa shape index (κ2) is 25.3. The van der Waals surface area contributed by atoms with Crippen LogP contribution < -0.4 is 32.2 Å². The van der Waals surface area contributed by atoms with Crippen molar-refractivity contribution in [1.82, 2.24) is 35.0 Å². The summed E-state index contributed by atoms with van der Waals surface area (Å²) in [6, 6.07) is 7.02. The molecule has 0 radical (unpaired) electrons. The van der Waals surface area contributed by atoms with Crippen molar-refractivity contribution in [2.75, 3.05) is 90.4 Å². The number of hydrogen-bond acceptors (Lipinski definition) is 14. The number of rotatable bonds is 28. The minimum atomic E-state index is -1.25. The number of anilines is 2. The van der Waals surface area contributed by atoms with Crippen molar-refractivity contribution in [3.8, 4) is 5.75 Å². The van der Waals surface area contributed by atoms with Crippen LogP contribution in [0.15, 0.2) is 30.5 Å². The van der Waals surface area contributed by atoms with E-state index in [0.717, 1.165) is 79.2 Å². The van der Waals surface area contributed by atoms with Gasteiger partial charge in [-0.1, -0.05) is 31.9 Å². The predicted molar refractivity (Wildman–Crippen MR) is 227 cm³/mol. The van der Waals surface area contributed by atoms with Gasteiger partial charge in [-0.25, -0.2) is 4.98 Å². The first-order valence-electron chi connectivity index (χ1n) is 20.8. The normalized spacial score (nSPS) is 14.0. The van der Waals surface area contributed by atoms with Crippen LogP contribution in [0.25, 0.3) is 11.0 Å². The minimum Gasteiger partial charge on any atom is -0.496 e. The van der Waals surface area contributed by atoms with E-state index in [1.807, 2.05) is 17.2 Å². The fourth-order valence-corrected chi connectivity index (χ4v) is 6.89. The molecule has 1 aromatic carbocycles. The minimum absolute atomic E-state index is 0.0319. The zero-order valence-electron chi connectivity index (χ0n) is 35.2. The molecule has 4 rings (SSSR count). The Hall–Kier alpha value is -5.57. The number of aliphatic carboxylic acids is 2. The number of aromatic nitrogens is 3. The second-order valence-electron chi connectivity index (χ2n) is 14.9. The van der Waals surface area contributed by atoms with Crippen molar-refractivity contribution in [2.45, 2.75) is 71.0 Å². The number of unbranched alkanes of at least 4 members (excludes halogenated alkanes) is 2. The highest BCUT2D eigenvalue weighted by atomic mass is 16.5. The van der Waals surface area contributed by atoms with Crippen molar-refractivity contribution in [2.24, 2.45) is 11.7 Å². The molecule has 3 aromatic rings. The van der Waals surface area contributed by atoms with Gasteiger partial charge in [0, 0.05) is 63.5 Å². The number of hydrogen-bond donors (Lipinski definition) is 7. The summed E-state index contributed by atoms with van der Waals surface area (Å²) in [4.78, 5) is 72.5. The summed E-state index contributed by atoms with van der Waals surface area (Å²) in [5, 5.41) is 26.4. The molecule has 1 saturated heterocycles. The number of nitrogens with one attached hydrogen (secondary N) is 3. The number of benzene rings is 1. The van der Waals surface area contributed by atoms with Gasteiger partial charge in [0.2, 0.25) is 23.7 Å². The molecule has 1 aliphatic heterocycles. The van der Waals surface area contributed by atoms with Crippen LogP contribution in [0.2, 0.25) is 0 Å². The number of fused-ring (bicyclic) bond motifs is 1. The average Bonchev–Trinajstić information content (AvgIpc) is 3.64. The van der Waals surface area contributed by atoms with Crippen molar-refractivity contribution >= 4 is 52.5 Å². The summed E-state index contributed by atoms with van der Waals surface area (Å²) in [6.45, 7) is 7.78. The maximum atomic E-state index is 12.9. The Morgan fingerprint density at radius 3 is 2.36 bits per heavy atom. The number of methoxy groups -OCH3 is 1. The van der Waals surface area contributed by atoms with Gasteiger partial charge in [-0.15, -0.1) is 0 Å². The third-order valence-electron chi connectivity index (χ3n) is 10.3. The molecule has 61 heavy (non-hydrogen) atoms. The molecule has 0 unspecified atom stereocenters. The highest BCUT2D eigenvalue weighted by Gasteiger charge is 2.25. The highest BCUT2D eigenvalue weighted by Crippen LogP contribution is 2.28. The first-order valence-corrected chi connectivity index (χ1v) is 20.8. The molecular weight excluding hydrogens is 793 g/mol. The van der Waals surface area contributed by atoms with E-state index in [2.05, 4.69) is 60.5 Å². The Balaban J connectivity index is 1.08. The maximum Gasteiger partial charge on any atom is 0.320 e. The fourth-order valence-electron chi connectivity index (χ4n) is 6.89. The summed E-state index contributed by atoms with van der Waals surface area (Å²) < 4.78 is 19.0. The van der Waals surface area contributed by atoms with Crippen LogP contribution in [0.4, 0.5) is 11.8 Å². The van der Waals surface area contributed by atoms with Crippen LogP contribution in [0, 0.1) is 5.92 Å². The molecule has 336 valence electrons. The number of piperazine rings is 1. The van der Waals surface area contributed by atoms with Crippen LogP contribution in [0.3, 0.4) is 0 Å². The van der Waals surface area contributed by atoms with Crippen LogP contribution in [-0.4, -0.2) is 150 Å². The molecule has 20 heteroatoms. The van der Waals surface area contributed by atoms with Crippen molar-refractivity contribution in [1.29, 1.82) is 0 Å². The topological polar surface area (TPSA) is 279 Å². The number of nitrogen functional groups attached to an aromatic ring is 1. The summed E-state index contributed by atoms with van der Waals surface area (Å²) in [6.07, 6.45) is 4.91. The lowest BCUT2D eigenvalue weighted by Crippen LogP contribution is -2.48. The molecule has 2 aromatic heterocycles. The second-order valence-corrected chi connectivity index (χ2v) is 14.9. The zero-order chi connectivity index (χ0) is 44.1. The third kappa shape index (κ3) is 16.1. The van der Waals surface area contributed by atoms with Gasteiger partial charge in [0.25, 0.3) is 0 Å². The monoisotopic (exact) mass is 854 g/mol. The van der Waals surface area contributed by atoms with Gasteiger partial charge in [-0.3, -0.25) is 28.9 Å². The quantitative estimate of drug-likeness (QED) is 0.0506. The molecular formula is C41H62N10O10. The molecule has 3 heterocycles. The number of carboxylic acids is 2. The molecule has 3 amide bonds. The first-order chi connectivity index (χ1) is 29.4. The average molecular weight is 855 g/mol. The number of carbonyl (C=O) groups is 5. The van der Waals surface area contributed by atoms with E-state index in [9.17, 15) is 24.0 Å². The molecule has 2 atom stereocenters. The molecule has 1 fully saturated rings. The van der Waals surface area contributed by atoms with Crippen LogP contribution >= 0.6 is 0 Å². The third-order valence-corrected chi connectivity index (χ3v) is 10.3. The molecule has 20 nitrogen and oxygen atoms in total. The predicted octanol–water partition coefficient (Wildman–Crippen LogP) is 1.26. The number of carboxylic acid groups (broad SMARTS) is 2. The largest absolute Gasteiger partial charge is 0.496 e. The van der Waals surface area contributed by atoms with Crippen LogP contribution in [0.5, 0.6) is 5.75 Å². The summed E-state index contributed by atoms with van der Waals surface area (Å²) in [5.74, 6) is -2.88. The lowest BCUT2D eigenvalue weighted by molar-refractivity contribution is -0.141. The highest BCUT2D eigenvalue weighted by molar-refractivity contribution is 5.88. The summed E-state index contributed by atoms with van der Waals surface area (Å²) in [7, 11) is 1.68. The van der Waals surface area contributed by atoms with Gasteiger partial charge in [-0.05, 0) is 37.0 Å². The molecule has 1 aliphatic rings. The number of ether oxygens (including phenoxy) is 3.